The van der Waals surface area contributed by atoms with Crippen LogP contribution in [0.1, 0.15) is 34.1 Å². The second-order valence-electron chi connectivity index (χ2n) is 9.25. The molecule has 2 heterocycles. The van der Waals surface area contributed by atoms with Gasteiger partial charge in [-0.15, -0.1) is 11.3 Å². The van der Waals surface area contributed by atoms with E-state index in [1.807, 2.05) is 55.5 Å². The van der Waals surface area contributed by atoms with Crippen molar-refractivity contribution in [3.8, 4) is 23.0 Å². The van der Waals surface area contributed by atoms with Gasteiger partial charge in [-0.3, -0.25) is 9.69 Å². The minimum atomic E-state index is -0.100. The first kappa shape index (κ1) is 23.4. The van der Waals surface area contributed by atoms with Crippen molar-refractivity contribution in [2.24, 2.45) is 5.92 Å². The Kier molecular flexibility index (Phi) is 6.75. The van der Waals surface area contributed by atoms with Crippen LogP contribution in [0.5, 0.6) is 23.0 Å². The van der Waals surface area contributed by atoms with Gasteiger partial charge in [0.25, 0.3) is 0 Å². The van der Waals surface area contributed by atoms with E-state index < -0.39 is 0 Å². The second-order valence-corrected chi connectivity index (χ2v) is 10.3. The van der Waals surface area contributed by atoms with Crippen LogP contribution in [0.4, 0.5) is 0 Å². The van der Waals surface area contributed by atoms with Crippen LogP contribution in [0.2, 0.25) is 0 Å². The summed E-state index contributed by atoms with van der Waals surface area (Å²) in [6, 6.07) is 20.1. The molecule has 1 fully saturated rings. The minimum Gasteiger partial charge on any atom is -0.508 e. The van der Waals surface area contributed by atoms with Gasteiger partial charge in [-0.25, -0.2) is 0 Å². The minimum absolute atomic E-state index is 0.100. The van der Waals surface area contributed by atoms with E-state index in [0.29, 0.717) is 28.5 Å². The van der Waals surface area contributed by atoms with Crippen LogP contribution in [-0.4, -0.2) is 42.0 Å². The van der Waals surface area contributed by atoms with Crippen molar-refractivity contribution in [3.63, 3.8) is 0 Å². The van der Waals surface area contributed by atoms with Gasteiger partial charge in [0.15, 0.2) is 5.75 Å². The van der Waals surface area contributed by atoms with E-state index in [0.717, 1.165) is 47.0 Å². The molecule has 35 heavy (non-hydrogen) atoms. The normalized spacial score (nSPS) is 16.0. The zero-order valence-electron chi connectivity index (χ0n) is 20.0. The molecule has 0 bridgehead atoms. The summed E-state index contributed by atoms with van der Waals surface area (Å²) in [5.74, 6) is 2.75. The van der Waals surface area contributed by atoms with Gasteiger partial charge < -0.3 is 14.6 Å². The van der Waals surface area contributed by atoms with E-state index in [4.69, 9.17) is 9.47 Å². The Hall–Kier alpha value is -3.35. The number of carbonyl (C=O) groups is 1. The summed E-state index contributed by atoms with van der Waals surface area (Å²) in [4.78, 5) is 16.3. The Morgan fingerprint density at radius 3 is 2.51 bits per heavy atom. The lowest BCUT2D eigenvalue weighted by Gasteiger charge is -2.15. The number of fused-ring (bicyclic) bond motifs is 1. The average Bonchev–Trinajstić information content (AvgIpc) is 3.43. The summed E-state index contributed by atoms with van der Waals surface area (Å²) in [6.45, 7) is 8.16. The quantitative estimate of drug-likeness (QED) is 0.282. The SMILES string of the molecule is Cc1ccc(C(=O)c2sc3cc(O)ccc3c2Oc2ccc(OCCN3CC[C@H](C)C3)cc2)cc1. The highest BCUT2D eigenvalue weighted by atomic mass is 32.1. The summed E-state index contributed by atoms with van der Waals surface area (Å²) in [6.07, 6.45) is 1.26. The first-order valence-corrected chi connectivity index (χ1v) is 12.8. The molecule has 0 saturated carbocycles. The second kappa shape index (κ2) is 10.1. The molecule has 0 radical (unpaired) electrons. The fraction of sp³-hybridized carbons (Fsp3) is 0.276. The van der Waals surface area contributed by atoms with Gasteiger partial charge >= 0.3 is 0 Å². The smallest absolute Gasteiger partial charge is 0.206 e. The number of likely N-dealkylation sites (tertiary alicyclic amines) is 1. The van der Waals surface area contributed by atoms with E-state index in [2.05, 4.69) is 11.8 Å². The van der Waals surface area contributed by atoms with Crippen LogP contribution in [0.25, 0.3) is 10.1 Å². The summed E-state index contributed by atoms with van der Waals surface area (Å²) in [5.41, 5.74) is 1.70. The van der Waals surface area contributed by atoms with Crippen LogP contribution in [0, 0.1) is 12.8 Å². The third-order valence-electron chi connectivity index (χ3n) is 6.38. The molecule has 0 aliphatic carbocycles. The molecule has 180 valence electrons. The van der Waals surface area contributed by atoms with Crippen LogP contribution in [0.15, 0.2) is 66.7 Å². The fourth-order valence-electron chi connectivity index (χ4n) is 4.39. The van der Waals surface area contributed by atoms with E-state index in [-0.39, 0.29) is 11.5 Å². The molecule has 1 N–H and O–H groups in total. The number of benzene rings is 3. The molecule has 0 amide bonds. The number of aryl methyl sites for hydroxylation is 1. The van der Waals surface area contributed by atoms with Crippen LogP contribution >= 0.6 is 11.3 Å². The van der Waals surface area contributed by atoms with Gasteiger partial charge in [-0.1, -0.05) is 36.8 Å². The number of ketones is 1. The molecule has 1 aromatic heterocycles. The Balaban J connectivity index is 1.34. The molecule has 5 rings (SSSR count). The maximum atomic E-state index is 13.4. The molecule has 3 aromatic carbocycles. The lowest BCUT2D eigenvalue weighted by Crippen LogP contribution is -2.25. The summed E-state index contributed by atoms with van der Waals surface area (Å²) < 4.78 is 13.0. The predicted octanol–water partition coefficient (Wildman–Crippen LogP) is 6.66. The molecule has 1 aliphatic rings. The van der Waals surface area contributed by atoms with Crippen molar-refractivity contribution in [3.05, 3.63) is 82.7 Å². The topological polar surface area (TPSA) is 59.0 Å². The summed E-state index contributed by atoms with van der Waals surface area (Å²) >= 11 is 1.33. The molecule has 0 unspecified atom stereocenters. The maximum absolute atomic E-state index is 13.4. The van der Waals surface area contributed by atoms with Crippen molar-refractivity contribution < 1.29 is 19.4 Å². The molecule has 0 spiro atoms. The monoisotopic (exact) mass is 487 g/mol. The number of aromatic hydroxyl groups is 1. The van der Waals surface area contributed by atoms with E-state index in [9.17, 15) is 9.90 Å². The fourth-order valence-corrected chi connectivity index (χ4v) is 5.52. The zero-order chi connectivity index (χ0) is 24.4. The highest BCUT2D eigenvalue weighted by Gasteiger charge is 2.22. The van der Waals surface area contributed by atoms with Crippen LogP contribution < -0.4 is 9.47 Å². The number of nitrogens with zero attached hydrogens (tertiary/aromatic N) is 1. The number of hydrogen-bond donors (Lipinski definition) is 1. The zero-order valence-corrected chi connectivity index (χ0v) is 20.8. The van der Waals surface area contributed by atoms with E-state index >= 15 is 0 Å². The van der Waals surface area contributed by atoms with Crippen LogP contribution in [-0.2, 0) is 0 Å². The molecule has 5 nitrogen and oxygen atoms in total. The van der Waals surface area contributed by atoms with Crippen molar-refractivity contribution in [1.29, 1.82) is 0 Å². The van der Waals surface area contributed by atoms with Gasteiger partial charge in [0, 0.05) is 28.7 Å². The van der Waals surface area contributed by atoms with Crippen molar-refractivity contribution in [2.45, 2.75) is 20.3 Å². The highest BCUT2D eigenvalue weighted by molar-refractivity contribution is 7.21. The predicted molar refractivity (Wildman–Crippen MR) is 140 cm³/mol. The lowest BCUT2D eigenvalue weighted by molar-refractivity contribution is 0.104. The van der Waals surface area contributed by atoms with E-state index in [1.54, 1.807) is 18.2 Å². The first-order chi connectivity index (χ1) is 17.0. The highest BCUT2D eigenvalue weighted by Crippen LogP contribution is 2.42. The van der Waals surface area contributed by atoms with Gasteiger partial charge in [0.2, 0.25) is 5.78 Å². The third kappa shape index (κ3) is 5.34. The molecule has 1 atom stereocenters. The lowest BCUT2D eigenvalue weighted by atomic mass is 10.1. The van der Waals surface area contributed by atoms with Gasteiger partial charge in [0.05, 0.1) is 0 Å². The third-order valence-corrected chi connectivity index (χ3v) is 7.51. The first-order valence-electron chi connectivity index (χ1n) is 12.0. The maximum Gasteiger partial charge on any atom is 0.206 e. The summed E-state index contributed by atoms with van der Waals surface area (Å²) in [7, 11) is 0. The number of phenolic OH excluding ortho intramolecular Hbond substituents is 1. The number of phenols is 1. The van der Waals surface area contributed by atoms with Gasteiger partial charge in [0.1, 0.15) is 28.7 Å². The molecule has 4 aromatic rings. The number of ether oxygens (including phenoxy) is 2. The number of carbonyl (C=O) groups excluding carboxylic acids is 1. The molecule has 1 saturated heterocycles. The Morgan fingerprint density at radius 2 is 1.80 bits per heavy atom. The molecular weight excluding hydrogens is 458 g/mol. The van der Waals surface area contributed by atoms with Crippen molar-refractivity contribution in [2.75, 3.05) is 26.2 Å². The molecule has 1 aliphatic heterocycles. The van der Waals surface area contributed by atoms with Gasteiger partial charge in [-0.05, 0) is 68.3 Å². The number of hydrogen-bond acceptors (Lipinski definition) is 6. The van der Waals surface area contributed by atoms with Crippen molar-refractivity contribution >= 4 is 27.2 Å². The van der Waals surface area contributed by atoms with Gasteiger partial charge in [-0.2, -0.15) is 0 Å². The Morgan fingerprint density at radius 1 is 1.06 bits per heavy atom. The number of rotatable bonds is 8. The largest absolute Gasteiger partial charge is 0.508 e. The average molecular weight is 488 g/mol. The van der Waals surface area contributed by atoms with E-state index in [1.165, 1.54) is 17.8 Å². The standard InChI is InChI=1S/C29H29NO4S/c1-19-3-5-21(6-4-19)27(32)29-28(25-12-7-22(31)17-26(25)35-29)34-24-10-8-23(9-11-24)33-16-15-30-14-13-20(2)18-30/h3-12,17,20,31H,13-16,18H2,1-2H3/t20-/m0/s1. The van der Waals surface area contributed by atoms with Crippen LogP contribution in [0.3, 0.4) is 0 Å². The van der Waals surface area contributed by atoms with Crippen molar-refractivity contribution in [1.82, 2.24) is 4.90 Å². The molecular formula is C29H29NO4S. The molecule has 6 heteroatoms. The summed E-state index contributed by atoms with van der Waals surface area (Å²) in [5, 5.41) is 10.7. The Bertz CT molecular complexity index is 1330. The number of thiophene rings is 1. The Labute approximate surface area is 209 Å².